The van der Waals surface area contributed by atoms with Crippen molar-refractivity contribution in [3.05, 3.63) is 0 Å². The molecule has 0 unspecified atom stereocenters. The van der Waals surface area contributed by atoms with Gasteiger partial charge in [0.2, 0.25) is 5.91 Å². The van der Waals surface area contributed by atoms with Gasteiger partial charge in [-0.05, 0) is 48.7 Å². The molecule has 0 aromatic heterocycles. The van der Waals surface area contributed by atoms with E-state index in [4.69, 9.17) is 4.74 Å². The van der Waals surface area contributed by atoms with Crippen molar-refractivity contribution >= 4 is 5.91 Å². The zero-order valence-corrected chi connectivity index (χ0v) is 11.7. The average molecular weight is 230 g/mol. The van der Waals surface area contributed by atoms with Crippen molar-refractivity contribution in [3.63, 3.8) is 0 Å². The Labute approximate surface area is 99.3 Å². The first-order valence-corrected chi connectivity index (χ1v) is 5.63. The van der Waals surface area contributed by atoms with Crippen LogP contribution < -0.4 is 5.32 Å². The zero-order valence-electron chi connectivity index (χ0n) is 11.7. The molecule has 0 aliphatic rings. The number of carbonyl (C=O) groups is 1. The summed E-state index contributed by atoms with van der Waals surface area (Å²) >= 11 is 0. The second-order valence-electron chi connectivity index (χ2n) is 5.88. The highest BCUT2D eigenvalue weighted by molar-refractivity contribution is 5.77. The Bertz CT molecular complexity index is 230. The minimum absolute atomic E-state index is 0.0443. The Hall–Kier alpha value is -0.610. The van der Waals surface area contributed by atoms with Gasteiger partial charge in [-0.3, -0.25) is 4.79 Å². The molecule has 1 N–H and O–H groups in total. The number of likely N-dealkylation sites (N-methyl/N-ethyl adjacent to an activating group) is 1. The van der Waals surface area contributed by atoms with Crippen LogP contribution in [0.3, 0.4) is 0 Å². The van der Waals surface area contributed by atoms with E-state index in [1.54, 1.807) is 0 Å². The van der Waals surface area contributed by atoms with Crippen LogP contribution >= 0.6 is 0 Å². The van der Waals surface area contributed by atoms with E-state index in [1.807, 2.05) is 34.9 Å². The van der Waals surface area contributed by atoms with Crippen molar-refractivity contribution in [2.45, 2.75) is 45.8 Å². The number of nitrogens with zero attached hydrogens (tertiary/aromatic N) is 1. The molecule has 16 heavy (non-hydrogen) atoms. The van der Waals surface area contributed by atoms with Gasteiger partial charge in [0.25, 0.3) is 0 Å². The Morgan fingerprint density at radius 1 is 1.19 bits per heavy atom. The van der Waals surface area contributed by atoms with Crippen molar-refractivity contribution in [3.8, 4) is 0 Å². The van der Waals surface area contributed by atoms with E-state index in [2.05, 4.69) is 24.1 Å². The van der Waals surface area contributed by atoms with E-state index in [-0.39, 0.29) is 23.7 Å². The number of ether oxygens (including phenoxy) is 1. The van der Waals surface area contributed by atoms with Gasteiger partial charge in [0.15, 0.2) is 0 Å². The second kappa shape index (κ2) is 5.64. The Morgan fingerprint density at radius 3 is 2.06 bits per heavy atom. The highest BCUT2D eigenvalue weighted by Crippen LogP contribution is 2.08. The maximum Gasteiger partial charge on any atom is 0.246 e. The number of nitrogens with one attached hydrogen (secondary N) is 1. The summed E-state index contributed by atoms with van der Waals surface area (Å²) in [6.07, 6.45) is 0. The topological polar surface area (TPSA) is 41.6 Å². The van der Waals surface area contributed by atoms with E-state index in [0.29, 0.717) is 6.54 Å². The maximum absolute atomic E-state index is 11.5. The third-order valence-corrected chi connectivity index (χ3v) is 2.57. The number of hydrogen-bond acceptors (Lipinski definition) is 3. The predicted octanol–water partition coefficient (Wildman–Crippen LogP) is 1.26. The van der Waals surface area contributed by atoms with E-state index in [9.17, 15) is 4.79 Å². The molecule has 0 fully saturated rings. The summed E-state index contributed by atoms with van der Waals surface area (Å²) in [6, 6.07) is 0. The average Bonchev–Trinajstić information content (AvgIpc) is 2.10. The van der Waals surface area contributed by atoms with E-state index >= 15 is 0 Å². The normalized spacial score (nSPS) is 13.0. The molecular weight excluding hydrogens is 204 g/mol. The van der Waals surface area contributed by atoms with Gasteiger partial charge in [-0.2, -0.15) is 0 Å². The Kier molecular flexibility index (Phi) is 5.42. The molecule has 0 saturated heterocycles. The Balaban J connectivity index is 3.91. The van der Waals surface area contributed by atoms with Gasteiger partial charge >= 0.3 is 0 Å². The van der Waals surface area contributed by atoms with Crippen LogP contribution in [-0.4, -0.2) is 49.2 Å². The maximum atomic E-state index is 11.5. The molecule has 0 aliphatic heterocycles. The third-order valence-electron chi connectivity index (χ3n) is 2.57. The smallest absolute Gasteiger partial charge is 0.246 e. The van der Waals surface area contributed by atoms with Crippen LogP contribution in [0.15, 0.2) is 0 Å². The second-order valence-corrected chi connectivity index (χ2v) is 5.88. The van der Waals surface area contributed by atoms with Gasteiger partial charge < -0.3 is 15.0 Å². The largest absolute Gasteiger partial charge is 0.366 e. The van der Waals surface area contributed by atoms with Crippen LogP contribution in [0, 0.1) is 0 Å². The molecule has 0 spiro atoms. The number of amides is 1. The predicted molar refractivity (Wildman–Crippen MR) is 66.5 cm³/mol. The van der Waals surface area contributed by atoms with E-state index in [1.165, 1.54) is 0 Å². The standard InChI is InChI=1S/C12H26N2O2/c1-11(2,3)16-8-10(15)13-9-12(4,5)14(6)7/h8-9H2,1-7H3,(H,13,15). The van der Waals surface area contributed by atoms with Gasteiger partial charge in [0.05, 0.1) is 5.60 Å². The summed E-state index contributed by atoms with van der Waals surface area (Å²) in [5, 5.41) is 2.87. The first kappa shape index (κ1) is 15.4. The van der Waals surface area contributed by atoms with Crippen molar-refractivity contribution < 1.29 is 9.53 Å². The molecule has 0 rings (SSSR count). The highest BCUT2D eigenvalue weighted by atomic mass is 16.5. The monoisotopic (exact) mass is 230 g/mol. The van der Waals surface area contributed by atoms with E-state index in [0.717, 1.165) is 0 Å². The van der Waals surface area contributed by atoms with Gasteiger partial charge in [0.1, 0.15) is 6.61 Å². The SMILES string of the molecule is CN(C)C(C)(C)CNC(=O)COC(C)(C)C. The van der Waals surface area contributed by atoms with Crippen LogP contribution in [0.1, 0.15) is 34.6 Å². The lowest BCUT2D eigenvalue weighted by Gasteiger charge is -2.32. The molecule has 96 valence electrons. The summed E-state index contributed by atoms with van der Waals surface area (Å²) in [5.74, 6) is -0.0650. The van der Waals surface area contributed by atoms with Crippen LogP contribution in [0.25, 0.3) is 0 Å². The van der Waals surface area contributed by atoms with Crippen molar-refractivity contribution in [1.29, 1.82) is 0 Å². The van der Waals surface area contributed by atoms with Crippen molar-refractivity contribution in [1.82, 2.24) is 10.2 Å². The van der Waals surface area contributed by atoms with E-state index < -0.39 is 0 Å². The molecular formula is C12H26N2O2. The molecule has 4 heteroatoms. The lowest BCUT2D eigenvalue weighted by atomic mass is 10.0. The lowest BCUT2D eigenvalue weighted by Crippen LogP contribution is -2.49. The fourth-order valence-electron chi connectivity index (χ4n) is 0.806. The summed E-state index contributed by atoms with van der Waals surface area (Å²) in [6.45, 7) is 10.7. The molecule has 0 aromatic carbocycles. The van der Waals surface area contributed by atoms with Gasteiger partial charge in [0, 0.05) is 12.1 Å². The summed E-state index contributed by atoms with van der Waals surface area (Å²) < 4.78 is 5.39. The minimum Gasteiger partial charge on any atom is -0.366 e. The quantitative estimate of drug-likeness (QED) is 0.773. The van der Waals surface area contributed by atoms with Crippen LogP contribution in [-0.2, 0) is 9.53 Å². The molecule has 0 atom stereocenters. The number of hydrogen-bond donors (Lipinski definition) is 1. The fraction of sp³-hybridized carbons (Fsp3) is 0.917. The molecule has 4 nitrogen and oxygen atoms in total. The summed E-state index contributed by atoms with van der Waals surface area (Å²) in [7, 11) is 4.00. The number of rotatable bonds is 5. The molecule has 0 heterocycles. The zero-order chi connectivity index (χ0) is 13.0. The van der Waals surface area contributed by atoms with Crippen molar-refractivity contribution in [2.24, 2.45) is 0 Å². The lowest BCUT2D eigenvalue weighted by molar-refractivity contribution is -0.131. The van der Waals surface area contributed by atoms with Gasteiger partial charge in [-0.1, -0.05) is 0 Å². The first-order valence-electron chi connectivity index (χ1n) is 5.63. The van der Waals surface area contributed by atoms with Crippen molar-refractivity contribution in [2.75, 3.05) is 27.2 Å². The third kappa shape index (κ3) is 6.80. The molecule has 0 bridgehead atoms. The van der Waals surface area contributed by atoms with Crippen LogP contribution in [0.2, 0.25) is 0 Å². The Morgan fingerprint density at radius 2 is 1.69 bits per heavy atom. The van der Waals surface area contributed by atoms with Gasteiger partial charge in [-0.15, -0.1) is 0 Å². The highest BCUT2D eigenvalue weighted by Gasteiger charge is 2.21. The fourth-order valence-corrected chi connectivity index (χ4v) is 0.806. The van der Waals surface area contributed by atoms with Crippen LogP contribution in [0.5, 0.6) is 0 Å². The first-order chi connectivity index (χ1) is 7.04. The van der Waals surface area contributed by atoms with Gasteiger partial charge in [-0.25, -0.2) is 0 Å². The minimum atomic E-state index is -0.269. The summed E-state index contributed by atoms with van der Waals surface area (Å²) in [4.78, 5) is 13.6. The van der Waals surface area contributed by atoms with Crippen LogP contribution in [0.4, 0.5) is 0 Å². The molecule has 0 radical (unpaired) electrons. The number of carbonyl (C=O) groups excluding carboxylic acids is 1. The molecule has 0 saturated carbocycles. The molecule has 1 amide bonds. The summed E-state index contributed by atoms with van der Waals surface area (Å²) in [5.41, 5.74) is -0.314. The molecule has 0 aromatic rings. The molecule has 0 aliphatic carbocycles.